The number of fused-ring (bicyclic) bond motifs is 10. The zero-order chi connectivity index (χ0) is 88.9. The van der Waals surface area contributed by atoms with Crippen molar-refractivity contribution in [2.24, 2.45) is 34.1 Å². The van der Waals surface area contributed by atoms with E-state index in [-0.39, 0.29) is 70.7 Å². The number of nitrogen functional groups attached to an aromatic ring is 4. The first-order chi connectivity index (χ1) is 61.5. The lowest BCUT2D eigenvalue weighted by Gasteiger charge is -2.29. The highest BCUT2D eigenvalue weighted by Gasteiger charge is 2.43. The van der Waals surface area contributed by atoms with Crippen LogP contribution in [-0.4, -0.2) is 154 Å². The van der Waals surface area contributed by atoms with Crippen LogP contribution in [0.4, 0.5) is 45.8 Å². The average Bonchev–Trinajstić information content (AvgIpc) is 1.21. The maximum atomic E-state index is 13.0. The molecular weight excluding hydrogens is 1680 g/mol. The van der Waals surface area contributed by atoms with Gasteiger partial charge in [-0.15, -0.1) is 45.3 Å². The van der Waals surface area contributed by atoms with Crippen molar-refractivity contribution in [2.75, 3.05) is 95.0 Å². The van der Waals surface area contributed by atoms with E-state index >= 15 is 0 Å². The number of anilines is 8. The van der Waals surface area contributed by atoms with Gasteiger partial charge in [-0.05, 0) is 235 Å². The fraction of sp³-hybridized carbons (Fsp3) is 0.449. The van der Waals surface area contributed by atoms with Crippen LogP contribution in [0.2, 0.25) is 0 Å². The number of hydrogen-bond acceptors (Lipinski definition) is 26. The molecule has 0 bridgehead atoms. The van der Waals surface area contributed by atoms with Crippen LogP contribution >= 0.6 is 45.3 Å². The first-order valence-corrected chi connectivity index (χ1v) is 48.7. The molecule has 12 aromatic rings. The van der Waals surface area contributed by atoms with Crippen LogP contribution in [0, 0.1) is 50.4 Å². The van der Waals surface area contributed by atoms with Gasteiger partial charge in [0.05, 0.1) is 34.8 Å². The second-order valence-electron chi connectivity index (χ2n) is 38.4. The monoisotopic (exact) mass is 1800 g/mol. The molecule has 16 N–H and O–H groups in total. The number of carbonyl (C=O) groups excluding carboxylic acids is 4. The minimum absolute atomic E-state index is 0.0921. The second-order valence-corrected chi connectivity index (χ2v) is 42.4. The molecule has 128 heavy (non-hydrogen) atoms. The summed E-state index contributed by atoms with van der Waals surface area (Å²) in [5.74, 6) is 5.27. The number of benzene rings is 2. The number of rotatable bonds is 12. The maximum absolute atomic E-state index is 13.0. The Morgan fingerprint density at radius 1 is 0.398 bits per heavy atom. The molecule has 10 aliphatic rings. The minimum Gasteiger partial charge on any atom is -0.491 e. The number of nitrogens with one attached hydrogen (secondary N) is 4. The van der Waals surface area contributed by atoms with Crippen LogP contribution in [0.1, 0.15) is 187 Å². The van der Waals surface area contributed by atoms with E-state index in [4.69, 9.17) is 53.8 Å². The summed E-state index contributed by atoms with van der Waals surface area (Å²) in [5.41, 5.74) is 52.9. The number of nitrogens with zero attached hydrogens (tertiary/aromatic N) is 10. The molecule has 6 fully saturated rings. The van der Waals surface area contributed by atoms with Gasteiger partial charge in [-0.25, -0.2) is 29.9 Å². The predicted octanol–water partition coefficient (Wildman–Crippen LogP) is 14.7. The summed E-state index contributed by atoms with van der Waals surface area (Å²) in [7, 11) is 0. The van der Waals surface area contributed by atoms with Gasteiger partial charge in [0.1, 0.15) is 75.2 Å². The number of pyridine rings is 6. The van der Waals surface area contributed by atoms with E-state index < -0.39 is 0 Å². The zero-order valence-electron chi connectivity index (χ0n) is 74.2. The van der Waals surface area contributed by atoms with E-state index in [9.17, 15) is 19.2 Å². The molecular formula is C98H116N20O6S4. The lowest BCUT2D eigenvalue weighted by molar-refractivity contribution is 0.0912. The Morgan fingerprint density at radius 2 is 0.727 bits per heavy atom. The highest BCUT2D eigenvalue weighted by molar-refractivity contribution is 7.22. The van der Waals surface area contributed by atoms with Crippen molar-refractivity contribution in [3.05, 3.63) is 185 Å². The van der Waals surface area contributed by atoms with E-state index in [1.54, 1.807) is 0 Å². The van der Waals surface area contributed by atoms with E-state index in [1.165, 1.54) is 119 Å². The van der Waals surface area contributed by atoms with Gasteiger partial charge in [-0.1, -0.05) is 64.8 Å². The van der Waals surface area contributed by atoms with Crippen LogP contribution in [0.15, 0.2) is 109 Å². The first-order valence-electron chi connectivity index (χ1n) is 45.4. The third kappa shape index (κ3) is 17.4. The van der Waals surface area contributed by atoms with Gasteiger partial charge in [0.25, 0.3) is 23.6 Å². The van der Waals surface area contributed by atoms with Crippen molar-refractivity contribution >= 4 is 156 Å². The molecule has 2 saturated carbocycles. The molecule has 2 aromatic carbocycles. The third-order valence-corrected chi connectivity index (χ3v) is 32.8. The molecule has 0 spiro atoms. The van der Waals surface area contributed by atoms with Crippen LogP contribution in [0.25, 0.3) is 40.9 Å². The van der Waals surface area contributed by atoms with Gasteiger partial charge in [0.2, 0.25) is 0 Å². The van der Waals surface area contributed by atoms with Gasteiger partial charge in [0, 0.05) is 155 Å². The quantitative estimate of drug-likeness (QED) is 0.0543. The Labute approximate surface area is 762 Å². The minimum atomic E-state index is -0.176. The van der Waals surface area contributed by atoms with Crippen molar-refractivity contribution in [1.82, 2.24) is 51.2 Å². The topological polar surface area (TPSA) is 381 Å². The van der Waals surface area contributed by atoms with E-state index in [2.05, 4.69) is 149 Å². The summed E-state index contributed by atoms with van der Waals surface area (Å²) in [6.07, 6.45) is 17.4. The largest absolute Gasteiger partial charge is 0.491 e. The van der Waals surface area contributed by atoms with Crippen molar-refractivity contribution in [3.63, 3.8) is 0 Å². The molecule has 668 valence electrons. The molecule has 4 saturated heterocycles. The number of aromatic nitrogens is 6. The number of hydrogen-bond donors (Lipinski definition) is 10. The molecule has 0 radical (unpaired) electrons. The van der Waals surface area contributed by atoms with Gasteiger partial charge in [-0.3, -0.25) is 19.2 Å². The molecule has 10 atom stereocenters. The maximum Gasteiger partial charge on any atom is 0.263 e. The summed E-state index contributed by atoms with van der Waals surface area (Å²) >= 11 is 5.42. The summed E-state index contributed by atoms with van der Waals surface area (Å²) < 4.78 is 12.1. The van der Waals surface area contributed by atoms with E-state index in [1.807, 2.05) is 76.2 Å². The summed E-state index contributed by atoms with van der Waals surface area (Å²) in [4.78, 5) is 95.2. The molecule has 10 aromatic heterocycles. The number of carbonyl (C=O) groups is 4. The fourth-order valence-corrected chi connectivity index (χ4v) is 25.0. The van der Waals surface area contributed by atoms with Crippen LogP contribution in [0.3, 0.4) is 0 Å². The molecule has 16 heterocycles. The molecule has 4 aliphatic carbocycles. The molecule has 0 unspecified atom stereocenters. The van der Waals surface area contributed by atoms with E-state index in [0.717, 1.165) is 199 Å². The van der Waals surface area contributed by atoms with Crippen molar-refractivity contribution in [3.8, 4) is 11.5 Å². The Kier molecular flexibility index (Phi) is 23.7. The highest BCUT2D eigenvalue weighted by atomic mass is 32.1. The Morgan fingerprint density at radius 3 is 1.06 bits per heavy atom. The zero-order valence-corrected chi connectivity index (χ0v) is 77.4. The summed E-state index contributed by atoms with van der Waals surface area (Å²) in [6.45, 7) is 23.3. The van der Waals surface area contributed by atoms with Crippen LogP contribution in [-0.2, 0) is 38.5 Å². The SMILES string of the molecule is Cc1ccc2c(N)c(C(=O)N[C@H]3CCc4nc(N5CC[C@@H]6CCC[C@@H]65)ccc4C3)sc2n1.Cc1ccc2c(N)c(C(=O)N[C@H]3CCc4nc(N5CC[C@H]6CCC[C@H]65)ccc4C3)sc2n1.Cc1ccc2c(N)c(C(=O)N[C@H]3COc4cc(N5C[C@@H](N)C(C)(C)C5)ccc4C3)sc2n1.Cc1ccc2c(N)c(C(=O)N[C@H]3COc4cc(N5C[C@H](N)C(C)(C)C5)ccc4C3)sc2n1. The Balaban J connectivity index is 0.000000111. The number of amides is 4. The van der Waals surface area contributed by atoms with Crippen molar-refractivity contribution in [2.45, 2.75) is 206 Å². The number of ether oxygens (including phenoxy) is 2. The van der Waals surface area contributed by atoms with Crippen LogP contribution < -0.4 is 84.7 Å². The van der Waals surface area contributed by atoms with Gasteiger partial charge in [-0.2, -0.15) is 0 Å². The Hall–Kier alpha value is -11.0. The van der Waals surface area contributed by atoms with Gasteiger partial charge < -0.3 is 84.7 Å². The Bertz CT molecular complexity index is 5940. The third-order valence-electron chi connectivity index (χ3n) is 28.4. The predicted molar refractivity (Wildman–Crippen MR) is 518 cm³/mol. The van der Waals surface area contributed by atoms with Gasteiger partial charge in [0.15, 0.2) is 0 Å². The average molecular weight is 1800 g/mol. The molecule has 30 heteroatoms. The smallest absolute Gasteiger partial charge is 0.263 e. The van der Waals surface area contributed by atoms with Crippen LogP contribution in [0.5, 0.6) is 11.5 Å². The van der Waals surface area contributed by atoms with Crippen molar-refractivity contribution < 1.29 is 28.7 Å². The summed E-state index contributed by atoms with van der Waals surface area (Å²) in [6, 6.07) is 38.6. The normalized spacial score (nSPS) is 23.2. The highest BCUT2D eigenvalue weighted by Crippen LogP contribution is 2.46. The second kappa shape index (κ2) is 35.1. The first kappa shape index (κ1) is 86.4. The lowest BCUT2D eigenvalue weighted by Crippen LogP contribution is -2.42. The van der Waals surface area contributed by atoms with Gasteiger partial charge >= 0.3 is 0 Å². The van der Waals surface area contributed by atoms with E-state index in [0.29, 0.717) is 80.4 Å². The number of nitrogens with two attached hydrogens (primary N) is 6. The molecule has 4 amide bonds. The fourth-order valence-electron chi connectivity index (χ4n) is 20.9. The number of aryl methyl sites for hydroxylation is 6. The molecule has 22 rings (SSSR count). The number of thiophene rings is 4. The molecule has 26 nitrogen and oxygen atoms in total. The standard InChI is InChI=1S/2C25H29N5OS.2C24H29N5O2S/c2*1-14-5-8-18-22(26)23(32-25(18)27-14)24(31)28-17-7-9-19-16(13-17)6-10-21(29-19)30-12-11-15-3-2-4-20(15)30;2*1-13-4-7-17-20(26)21(32-23(17)27-13)22(30)28-15-8-14-5-6-16(9-18(14)31-11-15)29-10-19(25)24(2,3)12-29/h2*5-6,8,10,15,17,20H,2-4,7,9,11-13,26H2,1H3,(H,28,31);2*4-7,9,15,19H,8,10-12,25-26H2,1-3H3,(H,28,30)/t15-,17+,20-;15-,17-,20-;15-,19+;15-,19-/m1011/s1. The van der Waals surface area contributed by atoms with Crippen molar-refractivity contribution in [1.29, 1.82) is 0 Å². The lowest BCUT2D eigenvalue weighted by atomic mass is 9.89. The molecule has 6 aliphatic heterocycles. The summed E-state index contributed by atoms with van der Waals surface area (Å²) in [5, 5.41) is 16.0.